The van der Waals surface area contributed by atoms with Crippen LogP contribution in [0.1, 0.15) is 31.2 Å². The first-order chi connectivity index (χ1) is 12.9. The molecule has 0 aliphatic carbocycles. The molecule has 2 amide bonds. The summed E-state index contributed by atoms with van der Waals surface area (Å²) in [5.41, 5.74) is -0.129. The van der Waals surface area contributed by atoms with Gasteiger partial charge in [0, 0.05) is 38.8 Å². The van der Waals surface area contributed by atoms with Crippen LogP contribution in [0.3, 0.4) is 0 Å². The molecule has 0 bridgehead atoms. The minimum absolute atomic E-state index is 0.0744. The van der Waals surface area contributed by atoms with Gasteiger partial charge in [-0.3, -0.25) is 4.90 Å². The number of nitrogens with zero attached hydrogens (tertiary/aromatic N) is 1. The molecule has 2 saturated heterocycles. The minimum Gasteiger partial charge on any atom is -0.387 e. The summed E-state index contributed by atoms with van der Waals surface area (Å²) in [5, 5.41) is 19.2. The molecule has 4 N–H and O–H groups in total. The first-order valence-electron chi connectivity index (χ1n) is 9.57. The van der Waals surface area contributed by atoms with E-state index in [1.54, 1.807) is 6.07 Å². The second-order valence-electron chi connectivity index (χ2n) is 7.63. The Morgan fingerprint density at radius 1 is 1.30 bits per heavy atom. The van der Waals surface area contributed by atoms with Gasteiger partial charge in [-0.2, -0.15) is 0 Å². The second kappa shape index (κ2) is 8.95. The van der Waals surface area contributed by atoms with Crippen molar-refractivity contribution in [2.75, 3.05) is 32.7 Å². The Bertz CT molecular complexity index is 645. The molecule has 2 heterocycles. The fraction of sp³-hybridized carbons (Fsp3) is 0.632. The molecule has 3 rings (SSSR count). The standard InChI is InChI=1S/C19H28F2N4O2/c20-16-3-2-14(10-17(16)21)11-25-8-4-15(5-9-25)24-18(26)23-13-19(27)6-1-7-22-12-19/h2-3,10,15,22,27H,1,4-9,11-13H2,(H2,23,24,26). The quantitative estimate of drug-likeness (QED) is 0.620. The Labute approximate surface area is 158 Å². The first kappa shape index (κ1) is 20.0. The highest BCUT2D eigenvalue weighted by Gasteiger charge is 2.30. The molecule has 1 unspecified atom stereocenters. The van der Waals surface area contributed by atoms with Crippen LogP contribution < -0.4 is 16.0 Å². The number of nitrogens with one attached hydrogen (secondary N) is 3. The van der Waals surface area contributed by atoms with E-state index in [1.165, 1.54) is 6.07 Å². The van der Waals surface area contributed by atoms with E-state index in [4.69, 9.17) is 0 Å². The molecule has 1 aromatic rings. The predicted molar refractivity (Wildman–Crippen MR) is 98.2 cm³/mol. The van der Waals surface area contributed by atoms with E-state index < -0.39 is 17.2 Å². The molecule has 150 valence electrons. The number of piperidine rings is 2. The summed E-state index contributed by atoms with van der Waals surface area (Å²) >= 11 is 0. The number of carbonyl (C=O) groups is 1. The molecule has 8 heteroatoms. The second-order valence-corrected chi connectivity index (χ2v) is 7.63. The number of aliphatic hydroxyl groups is 1. The van der Waals surface area contributed by atoms with Crippen LogP contribution in [-0.4, -0.2) is 60.4 Å². The van der Waals surface area contributed by atoms with Crippen molar-refractivity contribution in [2.45, 2.75) is 43.9 Å². The zero-order valence-corrected chi connectivity index (χ0v) is 15.4. The number of carbonyl (C=O) groups excluding carboxylic acids is 1. The van der Waals surface area contributed by atoms with Crippen LogP contribution in [0.5, 0.6) is 0 Å². The van der Waals surface area contributed by atoms with Gasteiger partial charge in [-0.1, -0.05) is 6.07 Å². The van der Waals surface area contributed by atoms with Crippen LogP contribution in [0.2, 0.25) is 0 Å². The number of rotatable bonds is 5. The van der Waals surface area contributed by atoms with E-state index in [0.29, 0.717) is 19.5 Å². The molecule has 0 spiro atoms. The van der Waals surface area contributed by atoms with E-state index in [0.717, 1.165) is 50.5 Å². The molecule has 2 fully saturated rings. The number of urea groups is 1. The third-order valence-electron chi connectivity index (χ3n) is 5.34. The number of hydrogen-bond acceptors (Lipinski definition) is 4. The van der Waals surface area contributed by atoms with Crippen LogP contribution >= 0.6 is 0 Å². The van der Waals surface area contributed by atoms with Gasteiger partial charge >= 0.3 is 6.03 Å². The maximum atomic E-state index is 13.3. The SMILES string of the molecule is O=C(NCC1(O)CCCNC1)NC1CCN(Cc2ccc(F)c(F)c2)CC1. The largest absolute Gasteiger partial charge is 0.387 e. The number of likely N-dealkylation sites (tertiary alicyclic amines) is 1. The van der Waals surface area contributed by atoms with E-state index >= 15 is 0 Å². The third-order valence-corrected chi connectivity index (χ3v) is 5.34. The first-order valence-corrected chi connectivity index (χ1v) is 9.57. The van der Waals surface area contributed by atoms with Crippen molar-refractivity contribution in [3.63, 3.8) is 0 Å². The van der Waals surface area contributed by atoms with Crippen molar-refractivity contribution in [3.05, 3.63) is 35.4 Å². The van der Waals surface area contributed by atoms with Crippen LogP contribution in [-0.2, 0) is 6.54 Å². The third kappa shape index (κ3) is 5.85. The van der Waals surface area contributed by atoms with Gasteiger partial charge in [0.1, 0.15) is 0 Å². The number of β-amino-alcohol motifs (C(OH)–C–C–N with tert-alkyl or cyclic N) is 1. The van der Waals surface area contributed by atoms with Crippen molar-refractivity contribution in [1.29, 1.82) is 0 Å². The normalized spacial score (nSPS) is 24.6. The highest BCUT2D eigenvalue weighted by Crippen LogP contribution is 2.17. The summed E-state index contributed by atoms with van der Waals surface area (Å²) in [4.78, 5) is 14.3. The molecule has 0 aromatic heterocycles. The van der Waals surface area contributed by atoms with Crippen LogP contribution in [0, 0.1) is 11.6 Å². The fourth-order valence-electron chi connectivity index (χ4n) is 3.72. The zero-order valence-electron chi connectivity index (χ0n) is 15.4. The lowest BCUT2D eigenvalue weighted by atomic mass is 9.94. The van der Waals surface area contributed by atoms with Crippen molar-refractivity contribution >= 4 is 6.03 Å². The van der Waals surface area contributed by atoms with Crippen LogP contribution in [0.15, 0.2) is 18.2 Å². The lowest BCUT2D eigenvalue weighted by molar-refractivity contribution is 0.0193. The Balaban J connectivity index is 1.37. The van der Waals surface area contributed by atoms with Crippen LogP contribution in [0.25, 0.3) is 0 Å². The monoisotopic (exact) mass is 382 g/mol. The highest BCUT2D eigenvalue weighted by molar-refractivity contribution is 5.74. The Morgan fingerprint density at radius 2 is 2.07 bits per heavy atom. The molecule has 27 heavy (non-hydrogen) atoms. The highest BCUT2D eigenvalue weighted by atomic mass is 19.2. The van der Waals surface area contributed by atoms with Gasteiger partial charge in [-0.15, -0.1) is 0 Å². The van der Waals surface area contributed by atoms with Crippen LogP contribution in [0.4, 0.5) is 13.6 Å². The molecule has 1 aromatic carbocycles. The Morgan fingerprint density at radius 3 is 2.74 bits per heavy atom. The minimum atomic E-state index is -0.872. The number of benzene rings is 1. The van der Waals surface area contributed by atoms with Crippen molar-refractivity contribution in [2.24, 2.45) is 0 Å². The average molecular weight is 382 g/mol. The van der Waals surface area contributed by atoms with Gasteiger partial charge in [0.05, 0.1) is 5.60 Å². The molecule has 0 radical (unpaired) electrons. The molecule has 2 aliphatic heterocycles. The van der Waals surface area contributed by atoms with Crippen molar-refractivity contribution < 1.29 is 18.7 Å². The van der Waals surface area contributed by atoms with Gasteiger partial charge < -0.3 is 21.1 Å². The van der Waals surface area contributed by atoms with E-state index in [1.807, 2.05) is 0 Å². The summed E-state index contributed by atoms with van der Waals surface area (Å²) in [6, 6.07) is 3.80. The summed E-state index contributed by atoms with van der Waals surface area (Å²) in [5.74, 6) is -1.66. The molecule has 6 nitrogen and oxygen atoms in total. The Hall–Kier alpha value is -1.77. The van der Waals surface area contributed by atoms with E-state index in [-0.39, 0.29) is 18.6 Å². The maximum absolute atomic E-state index is 13.3. The fourth-order valence-corrected chi connectivity index (χ4v) is 3.72. The zero-order chi connectivity index (χ0) is 19.3. The Kier molecular flexibility index (Phi) is 6.62. The average Bonchev–Trinajstić information content (AvgIpc) is 2.65. The van der Waals surface area contributed by atoms with Crippen molar-refractivity contribution in [3.8, 4) is 0 Å². The molecule has 0 saturated carbocycles. The number of amides is 2. The molecular weight excluding hydrogens is 354 g/mol. The van der Waals surface area contributed by atoms with Gasteiger partial charge in [0.2, 0.25) is 0 Å². The predicted octanol–water partition coefficient (Wildman–Crippen LogP) is 1.34. The lowest BCUT2D eigenvalue weighted by Crippen LogP contribution is -2.55. The van der Waals surface area contributed by atoms with E-state index in [2.05, 4.69) is 20.9 Å². The number of hydrogen-bond donors (Lipinski definition) is 4. The lowest BCUT2D eigenvalue weighted by Gasteiger charge is -2.34. The van der Waals surface area contributed by atoms with Gasteiger partial charge in [-0.25, -0.2) is 13.6 Å². The molecule has 2 aliphatic rings. The summed E-state index contributed by atoms with van der Waals surface area (Å²) < 4.78 is 26.3. The topological polar surface area (TPSA) is 76.6 Å². The van der Waals surface area contributed by atoms with Gasteiger partial charge in [0.15, 0.2) is 11.6 Å². The van der Waals surface area contributed by atoms with E-state index in [9.17, 15) is 18.7 Å². The van der Waals surface area contributed by atoms with Crippen molar-refractivity contribution in [1.82, 2.24) is 20.9 Å². The summed E-state index contributed by atoms with van der Waals surface area (Å²) in [7, 11) is 0. The maximum Gasteiger partial charge on any atom is 0.315 e. The smallest absolute Gasteiger partial charge is 0.315 e. The molecule has 1 atom stereocenters. The molecular formula is C19H28F2N4O2. The van der Waals surface area contributed by atoms with Gasteiger partial charge in [0.25, 0.3) is 0 Å². The van der Waals surface area contributed by atoms with Gasteiger partial charge in [-0.05, 0) is 49.9 Å². The number of halogens is 2. The summed E-state index contributed by atoms with van der Waals surface area (Å²) in [6.45, 7) is 3.75. The summed E-state index contributed by atoms with van der Waals surface area (Å²) in [6.07, 6.45) is 3.17.